The molecule has 2 rings (SSSR count). The maximum Gasteiger partial charge on any atom is 0.128 e. The molecule has 1 aromatic heterocycles. The van der Waals surface area contributed by atoms with Crippen LogP contribution in [-0.2, 0) is 0 Å². The third-order valence-electron chi connectivity index (χ3n) is 3.93. The van der Waals surface area contributed by atoms with Gasteiger partial charge in [-0.05, 0) is 30.2 Å². The van der Waals surface area contributed by atoms with E-state index in [1.54, 1.807) is 18.0 Å². The first-order chi connectivity index (χ1) is 11.9. The molecule has 0 N–H and O–H groups in total. The van der Waals surface area contributed by atoms with Crippen molar-refractivity contribution in [3.63, 3.8) is 0 Å². The van der Waals surface area contributed by atoms with E-state index in [-0.39, 0.29) is 0 Å². The van der Waals surface area contributed by atoms with E-state index in [1.807, 2.05) is 23.2 Å². The van der Waals surface area contributed by atoms with Gasteiger partial charge in [0.15, 0.2) is 0 Å². The molecule has 1 heterocycles. The normalized spacial score (nSPS) is 11.7. The lowest BCUT2D eigenvalue weighted by molar-refractivity contribution is 0.303. The highest BCUT2D eigenvalue weighted by Crippen LogP contribution is 2.29. The minimum Gasteiger partial charge on any atom is -0.493 e. The van der Waals surface area contributed by atoms with E-state index in [2.05, 4.69) is 41.8 Å². The second-order valence-electron chi connectivity index (χ2n) is 5.82. The quantitative estimate of drug-likeness (QED) is 0.480. The van der Waals surface area contributed by atoms with Crippen LogP contribution in [0.3, 0.4) is 0 Å². The zero-order valence-electron chi connectivity index (χ0n) is 14.8. The number of hydrogen-bond acceptors (Lipinski definition) is 3. The third-order valence-corrected chi connectivity index (χ3v) is 4.39. The van der Waals surface area contributed by atoms with E-state index in [0.29, 0.717) is 0 Å². The van der Waals surface area contributed by atoms with Crippen molar-refractivity contribution >= 4 is 17.5 Å². The van der Waals surface area contributed by atoms with E-state index in [1.165, 1.54) is 32.1 Å². The largest absolute Gasteiger partial charge is 0.493 e. The first kappa shape index (κ1) is 18.7. The van der Waals surface area contributed by atoms with Crippen LogP contribution in [0.4, 0.5) is 0 Å². The Kier molecular flexibility index (Phi) is 8.53. The van der Waals surface area contributed by atoms with E-state index < -0.39 is 0 Å². The van der Waals surface area contributed by atoms with E-state index in [0.717, 1.165) is 30.0 Å². The Morgan fingerprint density at radius 2 is 1.96 bits per heavy atom. The molecule has 0 aliphatic heterocycles. The number of benzene rings is 1. The van der Waals surface area contributed by atoms with Crippen molar-refractivity contribution < 1.29 is 4.74 Å². The number of imidazole rings is 1. The molecular weight excluding hydrogens is 316 g/mol. The van der Waals surface area contributed by atoms with Gasteiger partial charge in [0.25, 0.3) is 0 Å². The number of unbranched alkanes of at least 4 members (excludes halogenated alkanes) is 5. The smallest absolute Gasteiger partial charge is 0.128 e. The average molecular weight is 345 g/mol. The lowest BCUT2D eigenvalue weighted by Gasteiger charge is -2.14. The highest BCUT2D eigenvalue weighted by atomic mass is 32.2. The highest BCUT2D eigenvalue weighted by Gasteiger charge is 2.10. The van der Waals surface area contributed by atoms with Crippen molar-refractivity contribution in [1.82, 2.24) is 9.55 Å². The van der Waals surface area contributed by atoms with Crippen LogP contribution < -0.4 is 4.74 Å². The van der Waals surface area contributed by atoms with E-state index in [4.69, 9.17) is 4.74 Å². The summed E-state index contributed by atoms with van der Waals surface area (Å²) in [6, 6.07) is 8.25. The van der Waals surface area contributed by atoms with Gasteiger partial charge in [-0.15, -0.1) is 11.8 Å². The summed E-state index contributed by atoms with van der Waals surface area (Å²) in [6.07, 6.45) is 15.3. The monoisotopic (exact) mass is 344 g/mol. The molecule has 0 saturated heterocycles. The molecule has 4 heteroatoms. The van der Waals surface area contributed by atoms with Crippen LogP contribution in [0.25, 0.3) is 5.70 Å². The standard InChI is InChI=1S/C20H28N2OS/c1-3-4-5-6-7-10-15-23-20-12-9-8-11-18(20)19(16-24-2)22-14-13-21-17-22/h8-9,11-14,16-17H,3-7,10,15H2,1-2H3/b19-16+. The van der Waals surface area contributed by atoms with Gasteiger partial charge in [-0.3, -0.25) is 0 Å². The molecule has 2 aromatic rings. The summed E-state index contributed by atoms with van der Waals surface area (Å²) in [5.74, 6) is 0.944. The van der Waals surface area contributed by atoms with Crippen molar-refractivity contribution in [2.75, 3.05) is 12.9 Å². The number of nitrogens with zero attached hydrogens (tertiary/aromatic N) is 2. The van der Waals surface area contributed by atoms with Gasteiger partial charge in [0.05, 0.1) is 18.6 Å². The van der Waals surface area contributed by atoms with E-state index in [9.17, 15) is 0 Å². The van der Waals surface area contributed by atoms with Crippen LogP contribution in [0, 0.1) is 0 Å². The molecule has 0 fully saturated rings. The van der Waals surface area contributed by atoms with Crippen molar-refractivity contribution in [1.29, 1.82) is 0 Å². The summed E-state index contributed by atoms with van der Waals surface area (Å²) in [5.41, 5.74) is 2.20. The van der Waals surface area contributed by atoms with Crippen molar-refractivity contribution in [3.8, 4) is 5.75 Å². The Labute approximate surface area is 150 Å². The fraction of sp³-hybridized carbons (Fsp3) is 0.450. The molecule has 0 radical (unpaired) electrons. The van der Waals surface area contributed by atoms with E-state index >= 15 is 0 Å². The predicted octanol–water partition coefficient (Wildman–Crippen LogP) is 5.83. The molecule has 0 unspecified atom stereocenters. The average Bonchev–Trinajstić information content (AvgIpc) is 3.14. The number of rotatable bonds is 11. The molecule has 0 atom stereocenters. The molecule has 0 aliphatic rings. The second kappa shape index (κ2) is 11.0. The third kappa shape index (κ3) is 5.75. The second-order valence-corrected chi connectivity index (χ2v) is 6.53. The Morgan fingerprint density at radius 3 is 2.71 bits per heavy atom. The molecule has 0 saturated carbocycles. The lowest BCUT2D eigenvalue weighted by atomic mass is 10.1. The van der Waals surface area contributed by atoms with Crippen molar-refractivity contribution in [3.05, 3.63) is 54.0 Å². The minimum absolute atomic E-state index is 0.777. The molecule has 3 nitrogen and oxygen atoms in total. The van der Waals surface area contributed by atoms with Gasteiger partial charge in [-0.1, -0.05) is 51.2 Å². The van der Waals surface area contributed by atoms with Gasteiger partial charge < -0.3 is 9.30 Å². The maximum absolute atomic E-state index is 6.09. The van der Waals surface area contributed by atoms with Gasteiger partial charge in [0, 0.05) is 18.0 Å². The summed E-state index contributed by atoms with van der Waals surface area (Å²) in [7, 11) is 0. The highest BCUT2D eigenvalue weighted by molar-refractivity contribution is 8.01. The van der Waals surface area contributed by atoms with Crippen LogP contribution in [-0.4, -0.2) is 22.4 Å². The Balaban J connectivity index is 1.98. The van der Waals surface area contributed by atoms with Gasteiger partial charge >= 0.3 is 0 Å². The Bertz CT molecular complexity index is 608. The summed E-state index contributed by atoms with van der Waals surface area (Å²) in [6.45, 7) is 3.03. The van der Waals surface area contributed by atoms with Crippen LogP contribution in [0.15, 0.2) is 48.4 Å². The molecular formula is C20H28N2OS. The summed E-state index contributed by atoms with van der Waals surface area (Å²) in [5, 5.41) is 2.13. The zero-order valence-corrected chi connectivity index (χ0v) is 15.6. The van der Waals surface area contributed by atoms with Gasteiger partial charge in [0.1, 0.15) is 5.75 Å². The molecule has 0 aliphatic carbocycles. The molecule has 0 spiro atoms. The lowest BCUT2D eigenvalue weighted by Crippen LogP contribution is -2.03. The van der Waals surface area contributed by atoms with Gasteiger partial charge in [-0.25, -0.2) is 4.98 Å². The number of ether oxygens (including phenoxy) is 1. The first-order valence-corrected chi connectivity index (χ1v) is 10.1. The van der Waals surface area contributed by atoms with Gasteiger partial charge in [0.2, 0.25) is 0 Å². The summed E-state index contributed by atoms with van der Waals surface area (Å²) < 4.78 is 8.12. The number of thioether (sulfide) groups is 1. The number of aromatic nitrogens is 2. The Hall–Kier alpha value is -1.68. The predicted molar refractivity (Wildman–Crippen MR) is 104 cm³/mol. The number of hydrogen-bond donors (Lipinski definition) is 0. The summed E-state index contributed by atoms with van der Waals surface area (Å²) in [4.78, 5) is 4.16. The molecule has 24 heavy (non-hydrogen) atoms. The van der Waals surface area contributed by atoms with Crippen LogP contribution in [0.1, 0.15) is 51.0 Å². The Morgan fingerprint density at radius 1 is 1.17 bits per heavy atom. The topological polar surface area (TPSA) is 27.1 Å². The fourth-order valence-electron chi connectivity index (χ4n) is 2.65. The minimum atomic E-state index is 0.777. The molecule has 0 bridgehead atoms. The molecule has 0 amide bonds. The van der Waals surface area contributed by atoms with Crippen LogP contribution >= 0.6 is 11.8 Å². The van der Waals surface area contributed by atoms with Crippen molar-refractivity contribution in [2.24, 2.45) is 0 Å². The zero-order chi connectivity index (χ0) is 17.0. The van der Waals surface area contributed by atoms with Crippen LogP contribution in [0.5, 0.6) is 5.75 Å². The van der Waals surface area contributed by atoms with Crippen molar-refractivity contribution in [2.45, 2.75) is 45.4 Å². The van der Waals surface area contributed by atoms with Crippen LogP contribution in [0.2, 0.25) is 0 Å². The van der Waals surface area contributed by atoms with Gasteiger partial charge in [-0.2, -0.15) is 0 Å². The fourth-order valence-corrected chi connectivity index (χ4v) is 3.12. The first-order valence-electron chi connectivity index (χ1n) is 8.80. The maximum atomic E-state index is 6.09. The molecule has 1 aromatic carbocycles. The number of para-hydroxylation sites is 1. The SMILES string of the molecule is CCCCCCCCOc1ccccc1/C(=C\SC)n1ccnc1. The molecule has 130 valence electrons. The summed E-state index contributed by atoms with van der Waals surface area (Å²) >= 11 is 1.68.